The SMILES string of the molecule is COC(=O)CCCN1C(=S)NC(c2ccccn2)C1c1cc(C)n(-c2ccc(C)cn2)c1C. The van der Waals surface area contributed by atoms with E-state index < -0.39 is 0 Å². The van der Waals surface area contributed by atoms with Gasteiger partial charge in [0.05, 0.1) is 24.9 Å². The highest BCUT2D eigenvalue weighted by Crippen LogP contribution is 2.41. The zero-order valence-electron chi connectivity index (χ0n) is 19.4. The van der Waals surface area contributed by atoms with Gasteiger partial charge in [0.1, 0.15) is 5.82 Å². The van der Waals surface area contributed by atoms with Crippen LogP contribution >= 0.6 is 12.2 Å². The molecule has 3 aromatic heterocycles. The number of nitrogens with zero attached hydrogens (tertiary/aromatic N) is 4. The van der Waals surface area contributed by atoms with Crippen LogP contribution in [0.15, 0.2) is 48.8 Å². The first-order valence-corrected chi connectivity index (χ1v) is 11.5. The Morgan fingerprint density at radius 2 is 2.00 bits per heavy atom. The van der Waals surface area contributed by atoms with Gasteiger partial charge in [-0.15, -0.1) is 0 Å². The highest BCUT2D eigenvalue weighted by atomic mass is 32.1. The molecule has 0 amide bonds. The Labute approximate surface area is 199 Å². The molecule has 0 aliphatic carbocycles. The van der Waals surface area contributed by atoms with E-state index in [4.69, 9.17) is 17.0 Å². The molecule has 7 nitrogen and oxygen atoms in total. The molecule has 172 valence electrons. The number of aromatic nitrogens is 3. The van der Waals surface area contributed by atoms with E-state index in [9.17, 15) is 4.79 Å². The molecule has 8 heteroatoms. The second kappa shape index (κ2) is 9.70. The first-order chi connectivity index (χ1) is 15.9. The minimum atomic E-state index is -0.213. The summed E-state index contributed by atoms with van der Waals surface area (Å²) in [5.74, 6) is 0.677. The number of carbonyl (C=O) groups excluding carboxylic acids is 1. The van der Waals surface area contributed by atoms with Crippen molar-refractivity contribution < 1.29 is 9.53 Å². The summed E-state index contributed by atoms with van der Waals surface area (Å²) >= 11 is 5.74. The lowest BCUT2D eigenvalue weighted by atomic mass is 9.96. The summed E-state index contributed by atoms with van der Waals surface area (Å²) in [6.45, 7) is 6.89. The molecule has 0 spiro atoms. The van der Waals surface area contributed by atoms with Gasteiger partial charge in [-0.25, -0.2) is 4.98 Å². The number of pyridine rings is 2. The first kappa shape index (κ1) is 22.9. The van der Waals surface area contributed by atoms with Crippen molar-refractivity contribution in [1.29, 1.82) is 0 Å². The number of hydrogen-bond donors (Lipinski definition) is 1. The van der Waals surface area contributed by atoms with Gasteiger partial charge in [-0.2, -0.15) is 0 Å². The van der Waals surface area contributed by atoms with Crippen LogP contribution in [0.5, 0.6) is 0 Å². The van der Waals surface area contributed by atoms with Gasteiger partial charge in [-0.05, 0) is 74.8 Å². The maximum Gasteiger partial charge on any atom is 0.305 e. The summed E-state index contributed by atoms with van der Waals surface area (Å²) in [5, 5.41) is 4.14. The molecule has 0 saturated carbocycles. The van der Waals surface area contributed by atoms with E-state index in [1.54, 1.807) is 6.20 Å². The highest BCUT2D eigenvalue weighted by Gasteiger charge is 2.41. The quantitative estimate of drug-likeness (QED) is 0.417. The van der Waals surface area contributed by atoms with Crippen LogP contribution in [0.4, 0.5) is 0 Å². The molecule has 1 fully saturated rings. The molecule has 2 unspecified atom stereocenters. The number of nitrogens with one attached hydrogen (secondary N) is 1. The minimum Gasteiger partial charge on any atom is -0.469 e. The zero-order valence-corrected chi connectivity index (χ0v) is 20.2. The Morgan fingerprint density at radius 3 is 2.67 bits per heavy atom. The molecule has 1 N–H and O–H groups in total. The van der Waals surface area contributed by atoms with Gasteiger partial charge in [0.2, 0.25) is 0 Å². The Balaban J connectivity index is 1.74. The smallest absolute Gasteiger partial charge is 0.305 e. The maximum atomic E-state index is 11.7. The molecule has 4 heterocycles. The van der Waals surface area contributed by atoms with Crippen LogP contribution in [-0.4, -0.2) is 44.2 Å². The van der Waals surface area contributed by atoms with E-state index >= 15 is 0 Å². The van der Waals surface area contributed by atoms with E-state index in [1.165, 1.54) is 7.11 Å². The van der Waals surface area contributed by atoms with Crippen LogP contribution in [0.1, 0.15) is 53.1 Å². The Bertz CT molecular complexity index is 1140. The summed E-state index contributed by atoms with van der Waals surface area (Å²) in [4.78, 5) is 23.1. The fraction of sp³-hybridized carbons (Fsp3) is 0.360. The second-order valence-corrected chi connectivity index (χ2v) is 8.74. The van der Waals surface area contributed by atoms with Crippen LogP contribution < -0.4 is 5.32 Å². The number of ether oxygens (including phenoxy) is 1. The number of hydrogen-bond acceptors (Lipinski definition) is 5. The van der Waals surface area contributed by atoms with Crippen molar-refractivity contribution in [2.45, 2.75) is 45.7 Å². The third-order valence-electron chi connectivity index (χ3n) is 6.12. The van der Waals surface area contributed by atoms with Crippen molar-refractivity contribution >= 4 is 23.3 Å². The van der Waals surface area contributed by atoms with Gasteiger partial charge >= 0.3 is 5.97 Å². The summed E-state index contributed by atoms with van der Waals surface area (Å²) in [6, 6.07) is 12.1. The van der Waals surface area contributed by atoms with Gasteiger partial charge in [0.15, 0.2) is 5.11 Å². The maximum absolute atomic E-state index is 11.7. The fourth-order valence-electron chi connectivity index (χ4n) is 4.51. The van der Waals surface area contributed by atoms with Crippen molar-refractivity contribution in [3.63, 3.8) is 0 Å². The summed E-state index contributed by atoms with van der Waals surface area (Å²) < 4.78 is 6.99. The summed E-state index contributed by atoms with van der Waals surface area (Å²) in [6.07, 6.45) is 4.69. The van der Waals surface area contributed by atoms with E-state index in [-0.39, 0.29) is 18.1 Å². The molecule has 1 aliphatic rings. The van der Waals surface area contributed by atoms with Crippen molar-refractivity contribution in [2.75, 3.05) is 13.7 Å². The Hall–Kier alpha value is -3.26. The predicted molar refractivity (Wildman–Crippen MR) is 131 cm³/mol. The van der Waals surface area contributed by atoms with Crippen molar-refractivity contribution in [1.82, 2.24) is 24.8 Å². The molecule has 0 radical (unpaired) electrons. The minimum absolute atomic E-state index is 0.0598. The van der Waals surface area contributed by atoms with Crippen LogP contribution in [0.25, 0.3) is 5.82 Å². The monoisotopic (exact) mass is 463 g/mol. The molecule has 4 rings (SSSR count). The third-order valence-corrected chi connectivity index (χ3v) is 6.47. The zero-order chi connectivity index (χ0) is 23.5. The largest absolute Gasteiger partial charge is 0.469 e. The van der Waals surface area contributed by atoms with Crippen LogP contribution in [0.2, 0.25) is 0 Å². The topological polar surface area (TPSA) is 72.3 Å². The first-order valence-electron chi connectivity index (χ1n) is 11.1. The molecule has 0 bridgehead atoms. The lowest BCUT2D eigenvalue weighted by Gasteiger charge is -2.28. The molecule has 3 aromatic rings. The molecular formula is C25H29N5O2S. The van der Waals surface area contributed by atoms with Crippen LogP contribution in [0.3, 0.4) is 0 Å². The molecule has 1 saturated heterocycles. The molecule has 0 aromatic carbocycles. The molecule has 2 atom stereocenters. The van der Waals surface area contributed by atoms with E-state index in [2.05, 4.69) is 50.7 Å². The van der Waals surface area contributed by atoms with Gasteiger partial charge in [-0.3, -0.25) is 9.78 Å². The summed E-state index contributed by atoms with van der Waals surface area (Å²) in [5.41, 5.74) is 5.43. The summed E-state index contributed by atoms with van der Waals surface area (Å²) in [7, 11) is 1.41. The Morgan fingerprint density at radius 1 is 1.18 bits per heavy atom. The predicted octanol–water partition coefficient (Wildman–Crippen LogP) is 4.12. The van der Waals surface area contributed by atoms with Crippen molar-refractivity contribution in [2.24, 2.45) is 0 Å². The molecule has 33 heavy (non-hydrogen) atoms. The number of methoxy groups -OCH3 is 1. The van der Waals surface area contributed by atoms with Crippen molar-refractivity contribution in [3.05, 3.63) is 77.0 Å². The Kier molecular flexibility index (Phi) is 6.74. The number of rotatable bonds is 7. The number of aryl methyl sites for hydroxylation is 2. The van der Waals surface area contributed by atoms with Crippen LogP contribution in [-0.2, 0) is 9.53 Å². The molecular weight excluding hydrogens is 434 g/mol. The highest BCUT2D eigenvalue weighted by molar-refractivity contribution is 7.80. The normalized spacial score (nSPS) is 17.8. The van der Waals surface area contributed by atoms with E-state index in [0.29, 0.717) is 24.5 Å². The van der Waals surface area contributed by atoms with Gasteiger partial charge < -0.3 is 19.5 Å². The lowest BCUT2D eigenvalue weighted by Crippen LogP contribution is -2.31. The van der Waals surface area contributed by atoms with Gasteiger partial charge in [0.25, 0.3) is 0 Å². The number of carbonyl (C=O) groups is 1. The molecule has 1 aliphatic heterocycles. The van der Waals surface area contributed by atoms with Crippen LogP contribution in [0, 0.1) is 20.8 Å². The lowest BCUT2D eigenvalue weighted by molar-refractivity contribution is -0.140. The standard InChI is InChI=1S/C25H29N5O2S/c1-16-10-11-21(27-15-16)30-17(2)14-19(18(30)3)24-23(20-8-5-6-12-26-20)28-25(33)29(24)13-7-9-22(31)32-4/h5-6,8,10-12,14-15,23-24H,7,9,13H2,1-4H3,(H,28,33). The number of thiocarbonyl (C=S) groups is 1. The van der Waals surface area contributed by atoms with Gasteiger partial charge in [0, 0.05) is 36.7 Å². The number of esters is 1. The average molecular weight is 464 g/mol. The third kappa shape index (κ3) is 4.61. The van der Waals surface area contributed by atoms with Gasteiger partial charge in [-0.1, -0.05) is 12.1 Å². The fourth-order valence-corrected chi connectivity index (χ4v) is 4.84. The second-order valence-electron chi connectivity index (χ2n) is 8.36. The van der Waals surface area contributed by atoms with E-state index in [0.717, 1.165) is 34.0 Å². The van der Waals surface area contributed by atoms with E-state index in [1.807, 2.05) is 37.4 Å². The average Bonchev–Trinajstić information content (AvgIpc) is 3.30. The van der Waals surface area contributed by atoms with Crippen molar-refractivity contribution in [3.8, 4) is 5.82 Å².